The zero-order valence-electron chi connectivity index (χ0n) is 20.1. The van der Waals surface area contributed by atoms with Gasteiger partial charge in [-0.25, -0.2) is 0 Å². The number of fused-ring (bicyclic) bond motifs is 12. The Morgan fingerprint density at radius 1 is 0.556 bits per heavy atom. The summed E-state index contributed by atoms with van der Waals surface area (Å²) in [4.78, 5) is 0. The molecule has 0 radical (unpaired) electrons. The van der Waals surface area contributed by atoms with Crippen LogP contribution in [0.25, 0.3) is 21.8 Å². The van der Waals surface area contributed by atoms with Gasteiger partial charge in [0.15, 0.2) is 12.4 Å². The molecule has 4 heterocycles. The largest absolute Gasteiger partial charge is 0.384 e. The van der Waals surface area contributed by atoms with Crippen molar-refractivity contribution in [2.24, 2.45) is 0 Å². The SMILES string of the molecule is Clc1cc(Cl)c2c3cc[n+](c2c1)CCCCC[n+]1ccc(c2c(Cl)cc(Cl)cc21)NCCCCCN3. The van der Waals surface area contributed by atoms with Gasteiger partial charge in [0.1, 0.15) is 13.1 Å². The van der Waals surface area contributed by atoms with Crippen LogP contribution in [0.1, 0.15) is 38.5 Å². The molecule has 0 aliphatic carbocycles. The molecule has 2 aromatic carbocycles. The van der Waals surface area contributed by atoms with Crippen molar-refractivity contribution in [1.29, 1.82) is 0 Å². The van der Waals surface area contributed by atoms with Crippen LogP contribution in [0.3, 0.4) is 0 Å². The fourth-order valence-corrected chi connectivity index (χ4v) is 6.23. The molecule has 0 saturated carbocycles. The van der Waals surface area contributed by atoms with E-state index in [0.717, 1.165) is 97.9 Å². The summed E-state index contributed by atoms with van der Waals surface area (Å²) in [6.45, 7) is 3.58. The number of pyridine rings is 2. The number of aryl methyl sites for hydroxylation is 2. The van der Waals surface area contributed by atoms with Crippen molar-refractivity contribution in [3.8, 4) is 0 Å². The van der Waals surface area contributed by atoms with E-state index in [1.807, 2.05) is 24.3 Å². The van der Waals surface area contributed by atoms with Gasteiger partial charge in [-0.15, -0.1) is 0 Å². The lowest BCUT2D eigenvalue weighted by atomic mass is 10.1. The maximum Gasteiger partial charge on any atom is 0.217 e. The molecule has 0 spiro atoms. The molecule has 2 aromatic heterocycles. The van der Waals surface area contributed by atoms with Crippen LogP contribution in [0.15, 0.2) is 48.8 Å². The summed E-state index contributed by atoms with van der Waals surface area (Å²) < 4.78 is 4.53. The van der Waals surface area contributed by atoms with Crippen molar-refractivity contribution in [2.75, 3.05) is 23.7 Å². The average Bonchev–Trinajstić information content (AvgIpc) is 2.83. The van der Waals surface area contributed by atoms with E-state index in [2.05, 4.69) is 44.3 Å². The van der Waals surface area contributed by atoms with Crippen LogP contribution in [0, 0.1) is 0 Å². The summed E-state index contributed by atoms with van der Waals surface area (Å²) in [7, 11) is 0. The number of halogens is 4. The molecule has 4 nitrogen and oxygen atoms in total. The van der Waals surface area contributed by atoms with Crippen LogP contribution in [0.2, 0.25) is 20.1 Å². The molecule has 6 rings (SSSR count). The summed E-state index contributed by atoms with van der Waals surface area (Å²) in [6.07, 6.45) is 10.7. The van der Waals surface area contributed by atoms with Gasteiger partial charge >= 0.3 is 0 Å². The van der Waals surface area contributed by atoms with Crippen molar-refractivity contribution in [1.82, 2.24) is 0 Å². The minimum absolute atomic E-state index is 0.657. The minimum Gasteiger partial charge on any atom is -0.384 e. The molecule has 188 valence electrons. The zero-order chi connectivity index (χ0) is 25.1. The first-order valence-electron chi connectivity index (χ1n) is 12.6. The standard InChI is InChI=1S/C28H28Cl4N4/c29-19-15-21(31)27-23-7-13-35(25(27)17-19)11-5-2-6-12-36-14-8-24(34-10-4-1-3-9-33-23)28-22(32)16-20(30)18-26(28)36/h7-8,13-18H,1-6,9-12H2/p+2. The Labute approximate surface area is 232 Å². The number of aromatic nitrogens is 2. The molecule has 4 aromatic rings. The Morgan fingerprint density at radius 2 is 1.00 bits per heavy atom. The first-order valence-corrected chi connectivity index (χ1v) is 14.1. The molecule has 4 bridgehead atoms. The summed E-state index contributed by atoms with van der Waals surface area (Å²) in [5.74, 6) is 0. The highest BCUT2D eigenvalue weighted by molar-refractivity contribution is 6.39. The lowest BCUT2D eigenvalue weighted by Crippen LogP contribution is -2.36. The van der Waals surface area contributed by atoms with Gasteiger partial charge in [-0.3, -0.25) is 0 Å². The van der Waals surface area contributed by atoms with Crippen molar-refractivity contribution in [3.63, 3.8) is 0 Å². The highest BCUT2D eigenvalue weighted by Crippen LogP contribution is 2.33. The van der Waals surface area contributed by atoms with E-state index in [1.54, 1.807) is 0 Å². The zero-order valence-corrected chi connectivity index (χ0v) is 23.1. The third kappa shape index (κ3) is 5.62. The Morgan fingerprint density at radius 3 is 1.47 bits per heavy atom. The number of hydrogen-bond acceptors (Lipinski definition) is 2. The first kappa shape index (κ1) is 25.7. The number of rotatable bonds is 0. The Kier molecular flexibility index (Phi) is 8.27. The summed E-state index contributed by atoms with van der Waals surface area (Å²) in [5.41, 5.74) is 4.25. The third-order valence-corrected chi connectivity index (χ3v) is 7.88. The highest BCUT2D eigenvalue weighted by atomic mass is 35.5. The van der Waals surface area contributed by atoms with Crippen LogP contribution in [-0.4, -0.2) is 13.1 Å². The van der Waals surface area contributed by atoms with Crippen LogP contribution < -0.4 is 19.8 Å². The van der Waals surface area contributed by atoms with Gasteiger partial charge < -0.3 is 10.6 Å². The topological polar surface area (TPSA) is 31.8 Å². The van der Waals surface area contributed by atoms with E-state index in [1.165, 1.54) is 0 Å². The summed E-state index contributed by atoms with van der Waals surface area (Å²) in [5, 5.41) is 12.0. The number of anilines is 2. The van der Waals surface area contributed by atoms with Gasteiger partial charge in [-0.1, -0.05) is 46.4 Å². The average molecular weight is 564 g/mol. The van der Waals surface area contributed by atoms with Crippen molar-refractivity contribution >= 4 is 79.6 Å². The fourth-order valence-electron chi connectivity index (χ4n) is 5.06. The predicted molar refractivity (Wildman–Crippen MR) is 153 cm³/mol. The van der Waals surface area contributed by atoms with Crippen LogP contribution >= 0.6 is 46.4 Å². The molecule has 0 atom stereocenters. The van der Waals surface area contributed by atoms with E-state index in [-0.39, 0.29) is 0 Å². The third-order valence-electron chi connectivity index (χ3n) is 6.85. The second-order valence-electron chi connectivity index (χ2n) is 9.38. The summed E-state index contributed by atoms with van der Waals surface area (Å²) >= 11 is 26.1. The molecule has 2 aliphatic rings. The number of nitrogens with zero attached hydrogens (tertiary/aromatic N) is 2. The number of benzene rings is 2. The van der Waals surface area contributed by atoms with E-state index in [0.29, 0.717) is 20.1 Å². The van der Waals surface area contributed by atoms with Crippen LogP contribution in [0.5, 0.6) is 0 Å². The van der Waals surface area contributed by atoms with E-state index < -0.39 is 0 Å². The molecule has 0 saturated heterocycles. The monoisotopic (exact) mass is 562 g/mol. The second-order valence-corrected chi connectivity index (χ2v) is 11.1. The molecule has 2 aliphatic heterocycles. The van der Waals surface area contributed by atoms with Gasteiger partial charge in [0.05, 0.1) is 32.2 Å². The Bertz CT molecular complexity index is 1300. The van der Waals surface area contributed by atoms with Crippen molar-refractivity contribution in [3.05, 3.63) is 68.9 Å². The van der Waals surface area contributed by atoms with E-state index >= 15 is 0 Å². The van der Waals surface area contributed by atoms with Gasteiger partial charge in [0.25, 0.3) is 0 Å². The lowest BCUT2D eigenvalue weighted by Gasteiger charge is -2.13. The van der Waals surface area contributed by atoms with E-state index in [9.17, 15) is 0 Å². The Balaban J connectivity index is 1.44. The normalized spacial score (nSPS) is 15.7. The van der Waals surface area contributed by atoms with Crippen LogP contribution in [0.4, 0.5) is 11.4 Å². The minimum atomic E-state index is 0.657. The molecular formula is C28H30Cl4N4+2. The van der Waals surface area contributed by atoms with Gasteiger partial charge in [-0.2, -0.15) is 9.13 Å². The summed E-state index contributed by atoms with van der Waals surface area (Å²) in [6, 6.07) is 12.0. The molecule has 36 heavy (non-hydrogen) atoms. The maximum absolute atomic E-state index is 6.67. The molecule has 0 fully saturated rings. The van der Waals surface area contributed by atoms with Crippen LogP contribution in [-0.2, 0) is 13.1 Å². The molecule has 2 N–H and O–H groups in total. The first-order chi connectivity index (χ1) is 17.5. The molecule has 0 amide bonds. The number of hydrogen-bond donors (Lipinski definition) is 2. The predicted octanol–water partition coefficient (Wildman–Crippen LogP) is 8.06. The second kappa shape index (κ2) is 11.6. The van der Waals surface area contributed by atoms with Gasteiger partial charge in [-0.05, 0) is 37.8 Å². The van der Waals surface area contributed by atoms with Gasteiger partial charge in [0.2, 0.25) is 11.0 Å². The van der Waals surface area contributed by atoms with Crippen molar-refractivity contribution in [2.45, 2.75) is 51.6 Å². The highest BCUT2D eigenvalue weighted by Gasteiger charge is 2.19. The molecular weight excluding hydrogens is 534 g/mol. The molecule has 0 unspecified atom stereocenters. The quantitative estimate of drug-likeness (QED) is 0.212. The smallest absolute Gasteiger partial charge is 0.217 e. The van der Waals surface area contributed by atoms with E-state index in [4.69, 9.17) is 46.4 Å². The maximum atomic E-state index is 6.67. The lowest BCUT2D eigenvalue weighted by molar-refractivity contribution is -0.675. The number of nitrogens with one attached hydrogen (secondary N) is 2. The Hall–Kier alpha value is -1.98. The fraction of sp³-hybridized carbons (Fsp3) is 0.357. The molecule has 8 heteroatoms. The van der Waals surface area contributed by atoms with Gasteiger partial charge in [0, 0.05) is 60.2 Å². The van der Waals surface area contributed by atoms with Crippen molar-refractivity contribution < 1.29 is 9.13 Å².